The van der Waals surface area contributed by atoms with Crippen LogP contribution in [0, 0.1) is 5.92 Å². The van der Waals surface area contributed by atoms with Crippen LogP contribution in [0.25, 0.3) is 0 Å². The van der Waals surface area contributed by atoms with Gasteiger partial charge in [0, 0.05) is 29.6 Å². The van der Waals surface area contributed by atoms with Crippen LogP contribution in [0.4, 0.5) is 0 Å². The molecule has 1 aromatic carbocycles. The molecule has 1 amide bonds. The van der Waals surface area contributed by atoms with E-state index in [1.165, 1.54) is 4.90 Å². The highest BCUT2D eigenvalue weighted by Crippen LogP contribution is 2.50. The Bertz CT molecular complexity index is 547. The van der Waals surface area contributed by atoms with E-state index < -0.39 is 5.97 Å². The van der Waals surface area contributed by atoms with Crippen molar-refractivity contribution >= 4 is 35.1 Å². The molecule has 0 bridgehead atoms. The zero-order valence-electron chi connectivity index (χ0n) is 11.0. The van der Waals surface area contributed by atoms with Crippen LogP contribution in [0.15, 0.2) is 18.2 Å². The van der Waals surface area contributed by atoms with Crippen molar-refractivity contribution in [2.24, 2.45) is 5.92 Å². The van der Waals surface area contributed by atoms with Gasteiger partial charge in [0.25, 0.3) is 0 Å². The summed E-state index contributed by atoms with van der Waals surface area (Å²) in [5, 5.41) is 9.77. The molecule has 0 spiro atoms. The van der Waals surface area contributed by atoms with E-state index in [1.54, 1.807) is 19.2 Å². The maximum absolute atomic E-state index is 12.1. The highest BCUT2D eigenvalue weighted by Gasteiger charge is 2.45. The standard InChI is InChI=1S/C14H15Cl2NO3/c1-17(5-4-13(18)19)14(20)11-7-10(11)9-3-2-8(15)6-12(9)16/h2-3,6,10-11H,4-5,7H2,1H3,(H,18,19). The molecular formula is C14H15Cl2NO3. The minimum absolute atomic E-state index is 0.0257. The van der Waals surface area contributed by atoms with Crippen LogP contribution >= 0.6 is 23.2 Å². The highest BCUT2D eigenvalue weighted by atomic mass is 35.5. The number of hydrogen-bond donors (Lipinski definition) is 1. The molecule has 1 N–H and O–H groups in total. The Balaban J connectivity index is 1.97. The van der Waals surface area contributed by atoms with E-state index >= 15 is 0 Å². The van der Waals surface area contributed by atoms with Crippen molar-refractivity contribution in [3.63, 3.8) is 0 Å². The molecule has 20 heavy (non-hydrogen) atoms. The van der Waals surface area contributed by atoms with Gasteiger partial charge in [0.2, 0.25) is 5.91 Å². The number of nitrogens with zero attached hydrogens (tertiary/aromatic N) is 1. The number of hydrogen-bond acceptors (Lipinski definition) is 2. The number of benzene rings is 1. The lowest BCUT2D eigenvalue weighted by molar-refractivity contribution is -0.138. The van der Waals surface area contributed by atoms with Crippen molar-refractivity contribution in [1.29, 1.82) is 0 Å². The van der Waals surface area contributed by atoms with Gasteiger partial charge >= 0.3 is 5.97 Å². The van der Waals surface area contributed by atoms with Crippen molar-refractivity contribution in [1.82, 2.24) is 4.90 Å². The fourth-order valence-corrected chi connectivity index (χ4v) is 2.82. The summed E-state index contributed by atoms with van der Waals surface area (Å²) in [6.45, 7) is 0.228. The molecule has 1 aliphatic carbocycles. The Hall–Kier alpha value is -1.26. The largest absolute Gasteiger partial charge is 0.481 e. The molecule has 4 nitrogen and oxygen atoms in total. The minimum atomic E-state index is -0.905. The topological polar surface area (TPSA) is 57.6 Å². The van der Waals surface area contributed by atoms with Gasteiger partial charge < -0.3 is 10.0 Å². The third-order valence-corrected chi connectivity index (χ3v) is 4.07. The normalized spacial score (nSPS) is 20.6. The smallest absolute Gasteiger partial charge is 0.305 e. The summed E-state index contributed by atoms with van der Waals surface area (Å²) in [6.07, 6.45) is 0.707. The molecule has 0 radical (unpaired) electrons. The van der Waals surface area contributed by atoms with Gasteiger partial charge in [0.15, 0.2) is 0 Å². The lowest BCUT2D eigenvalue weighted by Crippen LogP contribution is -2.30. The molecule has 0 saturated heterocycles. The number of amides is 1. The Morgan fingerprint density at radius 2 is 2.10 bits per heavy atom. The van der Waals surface area contributed by atoms with Crippen LogP contribution in [0.2, 0.25) is 10.0 Å². The van der Waals surface area contributed by atoms with Gasteiger partial charge in [-0.25, -0.2) is 0 Å². The first-order chi connectivity index (χ1) is 9.40. The summed E-state index contributed by atoms with van der Waals surface area (Å²) >= 11 is 12.0. The van der Waals surface area contributed by atoms with Crippen LogP contribution in [-0.2, 0) is 9.59 Å². The van der Waals surface area contributed by atoms with Crippen molar-refractivity contribution < 1.29 is 14.7 Å². The molecule has 0 aromatic heterocycles. The Labute approximate surface area is 127 Å². The molecule has 6 heteroatoms. The minimum Gasteiger partial charge on any atom is -0.481 e. The highest BCUT2D eigenvalue weighted by molar-refractivity contribution is 6.35. The van der Waals surface area contributed by atoms with E-state index in [0.717, 1.165) is 12.0 Å². The van der Waals surface area contributed by atoms with Crippen molar-refractivity contribution in [2.75, 3.05) is 13.6 Å². The van der Waals surface area contributed by atoms with Crippen LogP contribution in [-0.4, -0.2) is 35.5 Å². The number of carbonyl (C=O) groups excluding carboxylic acids is 1. The van der Waals surface area contributed by atoms with Crippen LogP contribution in [0.3, 0.4) is 0 Å². The van der Waals surface area contributed by atoms with Crippen molar-refractivity contribution in [3.05, 3.63) is 33.8 Å². The average Bonchev–Trinajstić information content (AvgIpc) is 3.15. The van der Waals surface area contributed by atoms with Gasteiger partial charge in [-0.1, -0.05) is 29.3 Å². The summed E-state index contributed by atoms with van der Waals surface area (Å²) < 4.78 is 0. The first-order valence-electron chi connectivity index (χ1n) is 6.32. The quantitative estimate of drug-likeness (QED) is 0.908. The van der Waals surface area contributed by atoms with E-state index in [-0.39, 0.29) is 30.7 Å². The number of halogens is 2. The van der Waals surface area contributed by atoms with Crippen LogP contribution in [0.1, 0.15) is 24.3 Å². The molecule has 2 rings (SSSR count). The number of carbonyl (C=O) groups is 2. The summed E-state index contributed by atoms with van der Waals surface area (Å²) in [6, 6.07) is 5.28. The number of rotatable bonds is 5. The average molecular weight is 316 g/mol. The second kappa shape index (κ2) is 6.02. The maximum Gasteiger partial charge on any atom is 0.305 e. The molecule has 108 valence electrons. The first-order valence-corrected chi connectivity index (χ1v) is 7.07. The molecule has 0 heterocycles. The Morgan fingerprint density at radius 3 is 2.70 bits per heavy atom. The summed E-state index contributed by atoms with van der Waals surface area (Å²) in [5.74, 6) is -0.924. The van der Waals surface area contributed by atoms with Gasteiger partial charge in [-0.15, -0.1) is 0 Å². The second-order valence-corrected chi connectivity index (χ2v) is 5.86. The second-order valence-electron chi connectivity index (χ2n) is 5.02. The molecule has 1 fully saturated rings. The van der Waals surface area contributed by atoms with Gasteiger partial charge in [-0.3, -0.25) is 9.59 Å². The third kappa shape index (κ3) is 3.44. The van der Waals surface area contributed by atoms with E-state index in [9.17, 15) is 9.59 Å². The van der Waals surface area contributed by atoms with E-state index in [4.69, 9.17) is 28.3 Å². The summed E-state index contributed by atoms with van der Waals surface area (Å²) in [4.78, 5) is 24.1. The predicted molar refractivity (Wildman–Crippen MR) is 77.2 cm³/mol. The first kappa shape index (κ1) is 15.1. The van der Waals surface area contributed by atoms with Crippen LogP contribution < -0.4 is 0 Å². The van der Waals surface area contributed by atoms with Crippen LogP contribution in [0.5, 0.6) is 0 Å². The zero-order valence-corrected chi connectivity index (χ0v) is 12.5. The van der Waals surface area contributed by atoms with Crippen molar-refractivity contribution in [3.8, 4) is 0 Å². The van der Waals surface area contributed by atoms with E-state index in [0.29, 0.717) is 10.0 Å². The van der Waals surface area contributed by atoms with Gasteiger partial charge in [0.05, 0.1) is 6.42 Å². The lowest BCUT2D eigenvalue weighted by atomic mass is 10.1. The molecule has 2 unspecified atom stereocenters. The summed E-state index contributed by atoms with van der Waals surface area (Å²) in [5.41, 5.74) is 0.932. The fraction of sp³-hybridized carbons (Fsp3) is 0.429. The molecular weight excluding hydrogens is 301 g/mol. The molecule has 2 atom stereocenters. The van der Waals surface area contributed by atoms with E-state index in [1.807, 2.05) is 6.07 Å². The third-order valence-electron chi connectivity index (χ3n) is 3.51. The molecule has 1 aromatic rings. The SMILES string of the molecule is CN(CCC(=O)O)C(=O)C1CC1c1ccc(Cl)cc1Cl. The monoisotopic (exact) mass is 315 g/mol. The molecule has 0 aliphatic heterocycles. The Morgan fingerprint density at radius 1 is 1.40 bits per heavy atom. The lowest BCUT2D eigenvalue weighted by Gasteiger charge is -2.16. The number of aliphatic carboxylic acids is 1. The van der Waals surface area contributed by atoms with Gasteiger partial charge in [-0.2, -0.15) is 0 Å². The Kier molecular flexibility index (Phi) is 4.55. The fourth-order valence-electron chi connectivity index (χ4n) is 2.27. The van der Waals surface area contributed by atoms with E-state index in [2.05, 4.69) is 0 Å². The van der Waals surface area contributed by atoms with Gasteiger partial charge in [0.1, 0.15) is 0 Å². The molecule has 1 aliphatic rings. The molecule has 1 saturated carbocycles. The van der Waals surface area contributed by atoms with Crippen molar-refractivity contribution in [2.45, 2.75) is 18.8 Å². The number of carboxylic acids is 1. The van der Waals surface area contributed by atoms with Gasteiger partial charge in [-0.05, 0) is 30.0 Å². The number of carboxylic acid groups (broad SMARTS) is 1. The predicted octanol–water partition coefficient (Wildman–Crippen LogP) is 3.03. The summed E-state index contributed by atoms with van der Waals surface area (Å²) in [7, 11) is 1.63. The zero-order chi connectivity index (χ0) is 14.9. The maximum atomic E-state index is 12.1.